The highest BCUT2D eigenvalue weighted by Crippen LogP contribution is 2.31. The first-order valence-corrected chi connectivity index (χ1v) is 8.09. The lowest BCUT2D eigenvalue weighted by Gasteiger charge is -2.40. The maximum Gasteiger partial charge on any atom is 0.0502 e. The molecule has 1 atom stereocenters. The molecule has 0 radical (unpaired) electrons. The summed E-state index contributed by atoms with van der Waals surface area (Å²) in [5, 5.41) is 1.12. The zero-order valence-corrected chi connectivity index (χ0v) is 13.3. The zero-order chi connectivity index (χ0) is 12.7. The average Bonchev–Trinajstić information content (AvgIpc) is 2.37. The lowest BCUT2D eigenvalue weighted by molar-refractivity contribution is 0.0659. The molecule has 0 aliphatic carbocycles. The fourth-order valence-electron chi connectivity index (χ4n) is 2.85. The summed E-state index contributed by atoms with van der Waals surface area (Å²) < 4.78 is 5.30. The van der Waals surface area contributed by atoms with Crippen LogP contribution < -0.4 is 0 Å². The highest BCUT2D eigenvalue weighted by molar-refractivity contribution is 9.09. The van der Waals surface area contributed by atoms with Crippen molar-refractivity contribution in [1.82, 2.24) is 4.90 Å². The molecule has 0 saturated carbocycles. The van der Waals surface area contributed by atoms with Gasteiger partial charge in [-0.3, -0.25) is 0 Å². The van der Waals surface area contributed by atoms with E-state index in [-0.39, 0.29) is 0 Å². The van der Waals surface area contributed by atoms with Crippen molar-refractivity contribution in [1.29, 1.82) is 0 Å². The number of piperidine rings is 1. The second-order valence-electron chi connectivity index (χ2n) is 5.54. The van der Waals surface area contributed by atoms with Gasteiger partial charge in [-0.2, -0.15) is 0 Å². The molecule has 3 heteroatoms. The van der Waals surface area contributed by atoms with Gasteiger partial charge in [0.2, 0.25) is 0 Å². The van der Waals surface area contributed by atoms with Crippen molar-refractivity contribution in [2.75, 3.05) is 38.7 Å². The Morgan fingerprint density at radius 1 is 1.35 bits per heavy atom. The number of halogens is 1. The van der Waals surface area contributed by atoms with Crippen LogP contribution in [0.15, 0.2) is 0 Å². The van der Waals surface area contributed by atoms with Crippen LogP contribution in [0.25, 0.3) is 0 Å². The quantitative estimate of drug-likeness (QED) is 0.667. The van der Waals surface area contributed by atoms with Gasteiger partial charge in [0.15, 0.2) is 0 Å². The molecular formula is C14H28BrNO. The van der Waals surface area contributed by atoms with E-state index in [9.17, 15) is 0 Å². The van der Waals surface area contributed by atoms with Crippen LogP contribution in [0.3, 0.4) is 0 Å². The van der Waals surface area contributed by atoms with Crippen molar-refractivity contribution in [3.8, 4) is 0 Å². The molecule has 0 N–H and O–H groups in total. The van der Waals surface area contributed by atoms with Crippen LogP contribution in [0.2, 0.25) is 0 Å². The minimum Gasteiger partial charge on any atom is -0.384 e. The number of hydrogen-bond donors (Lipinski definition) is 0. The monoisotopic (exact) mass is 305 g/mol. The standard InChI is InChI=1S/C14H28BrNO/c1-4-14(5-2,11-15)12-16-8-6-7-13(9-16)10-17-3/h13H,4-12H2,1-3H3. The predicted octanol–water partition coefficient (Wildman–Crippen LogP) is 3.55. The van der Waals surface area contributed by atoms with Crippen molar-refractivity contribution in [3.05, 3.63) is 0 Å². The van der Waals surface area contributed by atoms with Crippen molar-refractivity contribution >= 4 is 15.9 Å². The first-order valence-electron chi connectivity index (χ1n) is 6.97. The summed E-state index contributed by atoms with van der Waals surface area (Å²) in [6.45, 7) is 9.31. The molecule has 2 nitrogen and oxygen atoms in total. The van der Waals surface area contributed by atoms with Gasteiger partial charge in [0.1, 0.15) is 0 Å². The van der Waals surface area contributed by atoms with Gasteiger partial charge < -0.3 is 9.64 Å². The van der Waals surface area contributed by atoms with Crippen molar-refractivity contribution < 1.29 is 4.74 Å². The van der Waals surface area contributed by atoms with Gasteiger partial charge in [0.05, 0.1) is 6.61 Å². The molecule has 1 unspecified atom stereocenters. The fourth-order valence-corrected chi connectivity index (χ4v) is 3.82. The number of methoxy groups -OCH3 is 1. The molecule has 1 rings (SSSR count). The third kappa shape index (κ3) is 4.53. The van der Waals surface area contributed by atoms with Gasteiger partial charge in [0.25, 0.3) is 0 Å². The van der Waals surface area contributed by atoms with Crippen LogP contribution in [0, 0.1) is 11.3 Å². The number of hydrogen-bond acceptors (Lipinski definition) is 2. The molecule has 0 aromatic carbocycles. The summed E-state index contributed by atoms with van der Waals surface area (Å²) in [5.74, 6) is 0.746. The molecular weight excluding hydrogens is 278 g/mol. The minimum absolute atomic E-state index is 0.467. The summed E-state index contributed by atoms with van der Waals surface area (Å²) in [5.41, 5.74) is 0.467. The Bertz CT molecular complexity index is 196. The average molecular weight is 306 g/mol. The van der Waals surface area contributed by atoms with Gasteiger partial charge in [-0.15, -0.1) is 0 Å². The van der Waals surface area contributed by atoms with E-state index in [0.717, 1.165) is 17.9 Å². The van der Waals surface area contributed by atoms with E-state index in [4.69, 9.17) is 4.74 Å². The number of rotatable bonds is 7. The topological polar surface area (TPSA) is 12.5 Å². The van der Waals surface area contributed by atoms with Crippen LogP contribution >= 0.6 is 15.9 Å². The largest absolute Gasteiger partial charge is 0.384 e. The lowest BCUT2D eigenvalue weighted by Crippen LogP contribution is -2.44. The maximum absolute atomic E-state index is 5.30. The minimum atomic E-state index is 0.467. The van der Waals surface area contributed by atoms with Gasteiger partial charge in [-0.05, 0) is 43.6 Å². The van der Waals surface area contributed by atoms with E-state index in [1.807, 2.05) is 7.11 Å². The van der Waals surface area contributed by atoms with E-state index < -0.39 is 0 Å². The normalized spacial score (nSPS) is 22.9. The SMILES string of the molecule is CCC(CC)(CBr)CN1CCCC(COC)C1. The predicted molar refractivity (Wildman–Crippen MR) is 77.8 cm³/mol. The summed E-state index contributed by atoms with van der Waals surface area (Å²) in [6.07, 6.45) is 5.20. The van der Waals surface area contributed by atoms with Crippen LogP contribution in [-0.2, 0) is 4.74 Å². The van der Waals surface area contributed by atoms with E-state index in [1.54, 1.807) is 0 Å². The molecule has 1 fully saturated rings. The van der Waals surface area contributed by atoms with Crippen molar-refractivity contribution in [3.63, 3.8) is 0 Å². The molecule has 0 aromatic rings. The molecule has 1 saturated heterocycles. The summed E-state index contributed by atoms with van der Waals surface area (Å²) in [6, 6.07) is 0. The summed E-state index contributed by atoms with van der Waals surface area (Å²) >= 11 is 3.71. The maximum atomic E-state index is 5.30. The molecule has 0 spiro atoms. The fraction of sp³-hybridized carbons (Fsp3) is 1.00. The Morgan fingerprint density at radius 3 is 2.59 bits per heavy atom. The highest BCUT2D eigenvalue weighted by Gasteiger charge is 2.30. The van der Waals surface area contributed by atoms with Gasteiger partial charge in [0, 0.05) is 25.5 Å². The van der Waals surface area contributed by atoms with E-state index in [0.29, 0.717) is 5.41 Å². The second kappa shape index (κ2) is 7.75. The van der Waals surface area contributed by atoms with E-state index in [2.05, 4.69) is 34.7 Å². The van der Waals surface area contributed by atoms with Gasteiger partial charge >= 0.3 is 0 Å². The van der Waals surface area contributed by atoms with Crippen LogP contribution in [0.4, 0.5) is 0 Å². The molecule has 17 heavy (non-hydrogen) atoms. The van der Waals surface area contributed by atoms with Crippen LogP contribution in [0.5, 0.6) is 0 Å². The smallest absolute Gasteiger partial charge is 0.0502 e. The summed E-state index contributed by atoms with van der Waals surface area (Å²) in [7, 11) is 1.82. The lowest BCUT2D eigenvalue weighted by atomic mass is 9.83. The highest BCUT2D eigenvalue weighted by atomic mass is 79.9. The number of nitrogens with zero attached hydrogens (tertiary/aromatic N) is 1. The molecule has 1 aliphatic heterocycles. The third-order valence-corrected chi connectivity index (χ3v) is 5.54. The second-order valence-corrected chi connectivity index (χ2v) is 6.10. The molecule has 0 amide bonds. The Labute approximate surface area is 115 Å². The zero-order valence-electron chi connectivity index (χ0n) is 11.7. The van der Waals surface area contributed by atoms with Crippen molar-refractivity contribution in [2.45, 2.75) is 39.5 Å². The molecule has 0 aromatic heterocycles. The van der Waals surface area contributed by atoms with Gasteiger partial charge in [-0.25, -0.2) is 0 Å². The number of likely N-dealkylation sites (tertiary alicyclic amines) is 1. The van der Waals surface area contributed by atoms with E-state index in [1.165, 1.54) is 45.3 Å². The molecule has 102 valence electrons. The Morgan fingerprint density at radius 2 is 2.06 bits per heavy atom. The van der Waals surface area contributed by atoms with E-state index >= 15 is 0 Å². The van der Waals surface area contributed by atoms with Gasteiger partial charge in [-0.1, -0.05) is 29.8 Å². The Hall–Kier alpha value is 0.400. The molecule has 1 aliphatic rings. The summed E-state index contributed by atoms with van der Waals surface area (Å²) in [4.78, 5) is 2.65. The number of ether oxygens (including phenoxy) is 1. The van der Waals surface area contributed by atoms with Crippen molar-refractivity contribution in [2.24, 2.45) is 11.3 Å². The molecule has 0 bridgehead atoms. The first-order chi connectivity index (χ1) is 8.19. The van der Waals surface area contributed by atoms with Crippen LogP contribution in [-0.4, -0.2) is 43.6 Å². The first kappa shape index (κ1) is 15.5. The Kier molecular flexibility index (Phi) is 7.05. The third-order valence-electron chi connectivity index (χ3n) is 4.35. The van der Waals surface area contributed by atoms with Crippen LogP contribution in [0.1, 0.15) is 39.5 Å². The Balaban J connectivity index is 2.49. The molecule has 1 heterocycles. The number of alkyl halides is 1.